The molecule has 4 rings (SSSR count). The maximum Gasteiger partial charge on any atom is 0.319 e. The van der Waals surface area contributed by atoms with E-state index in [2.05, 4.69) is 39.8 Å². The molecule has 1 aliphatic rings. The summed E-state index contributed by atoms with van der Waals surface area (Å²) in [5.74, 6) is 0.831. The predicted octanol–water partition coefficient (Wildman–Crippen LogP) is 4.81. The quantitative estimate of drug-likeness (QED) is 0.496. The second-order valence-electron chi connectivity index (χ2n) is 8.35. The molecule has 33 heavy (non-hydrogen) atoms. The number of urea groups is 1. The number of benzene rings is 3. The fraction of sp³-hybridized carbons (Fsp3) is 0.296. The third-order valence-electron chi connectivity index (χ3n) is 5.74. The van der Waals surface area contributed by atoms with Gasteiger partial charge in [0.15, 0.2) is 0 Å². The van der Waals surface area contributed by atoms with E-state index in [1.54, 1.807) is 7.11 Å². The molecule has 6 heteroatoms. The standard InChI is InChI=1S/C27H31N3O3/c1-32-26-12-10-22(11-13-26)19-33-20-23-8-5-9-24(16-23)28-27(31)29-25-14-15-30(18-25)17-21-6-3-2-4-7-21/h2-13,16,25H,14-15,17-20H2,1H3,(H2,28,29,31). The second kappa shape index (κ2) is 11.5. The SMILES string of the molecule is COc1ccc(COCc2cccc(NC(=O)NC3CCN(Cc4ccccc4)C3)c2)cc1. The number of hydrogen-bond acceptors (Lipinski definition) is 4. The van der Waals surface area contributed by atoms with Gasteiger partial charge in [0.2, 0.25) is 0 Å². The molecule has 6 nitrogen and oxygen atoms in total. The Kier molecular flexibility index (Phi) is 7.95. The molecule has 1 fully saturated rings. The van der Waals surface area contributed by atoms with Crippen LogP contribution in [0.4, 0.5) is 10.5 Å². The molecular formula is C27H31N3O3. The molecule has 1 atom stereocenters. The van der Waals surface area contributed by atoms with E-state index >= 15 is 0 Å². The van der Waals surface area contributed by atoms with Crippen LogP contribution in [-0.4, -0.2) is 37.2 Å². The van der Waals surface area contributed by atoms with Crippen molar-refractivity contribution in [2.75, 3.05) is 25.5 Å². The van der Waals surface area contributed by atoms with Crippen molar-refractivity contribution >= 4 is 11.7 Å². The van der Waals surface area contributed by atoms with E-state index in [4.69, 9.17) is 9.47 Å². The van der Waals surface area contributed by atoms with Gasteiger partial charge in [-0.2, -0.15) is 0 Å². The number of carbonyl (C=O) groups is 1. The Balaban J connectivity index is 1.20. The summed E-state index contributed by atoms with van der Waals surface area (Å²) in [6.45, 7) is 3.76. The van der Waals surface area contributed by atoms with Crippen LogP contribution >= 0.6 is 0 Å². The third kappa shape index (κ3) is 7.07. The maximum atomic E-state index is 12.5. The van der Waals surface area contributed by atoms with E-state index in [1.165, 1.54) is 5.56 Å². The number of amides is 2. The number of anilines is 1. The Bertz CT molecular complexity index is 1020. The zero-order chi connectivity index (χ0) is 22.9. The minimum atomic E-state index is -0.169. The van der Waals surface area contributed by atoms with Crippen molar-refractivity contribution in [2.24, 2.45) is 0 Å². The molecule has 3 aromatic rings. The highest BCUT2D eigenvalue weighted by Crippen LogP contribution is 2.16. The highest BCUT2D eigenvalue weighted by Gasteiger charge is 2.23. The number of likely N-dealkylation sites (tertiary alicyclic amines) is 1. The second-order valence-corrected chi connectivity index (χ2v) is 8.35. The van der Waals surface area contributed by atoms with Gasteiger partial charge in [0.05, 0.1) is 20.3 Å². The fourth-order valence-corrected chi connectivity index (χ4v) is 4.04. The molecular weight excluding hydrogens is 414 g/mol. The lowest BCUT2D eigenvalue weighted by Gasteiger charge is -2.17. The first-order valence-corrected chi connectivity index (χ1v) is 11.3. The molecule has 1 saturated heterocycles. The number of nitrogens with one attached hydrogen (secondary N) is 2. The summed E-state index contributed by atoms with van der Waals surface area (Å²) in [7, 11) is 1.65. The number of ether oxygens (including phenoxy) is 2. The topological polar surface area (TPSA) is 62.8 Å². The van der Waals surface area contributed by atoms with Crippen LogP contribution in [0.25, 0.3) is 0 Å². The number of hydrogen-bond donors (Lipinski definition) is 2. The molecule has 0 aromatic heterocycles. The third-order valence-corrected chi connectivity index (χ3v) is 5.74. The van der Waals surface area contributed by atoms with Crippen LogP contribution in [0.2, 0.25) is 0 Å². The lowest BCUT2D eigenvalue weighted by Crippen LogP contribution is -2.39. The molecule has 2 N–H and O–H groups in total. The van der Waals surface area contributed by atoms with E-state index in [0.29, 0.717) is 13.2 Å². The van der Waals surface area contributed by atoms with Gasteiger partial charge in [-0.3, -0.25) is 4.90 Å². The molecule has 0 radical (unpaired) electrons. The van der Waals surface area contributed by atoms with Crippen molar-refractivity contribution in [3.05, 3.63) is 95.6 Å². The number of carbonyl (C=O) groups excluding carboxylic acids is 1. The van der Waals surface area contributed by atoms with Crippen molar-refractivity contribution in [2.45, 2.75) is 32.2 Å². The Hall–Kier alpha value is -3.35. The van der Waals surface area contributed by atoms with Crippen LogP contribution in [-0.2, 0) is 24.5 Å². The van der Waals surface area contributed by atoms with Crippen molar-refractivity contribution in [3.8, 4) is 5.75 Å². The van der Waals surface area contributed by atoms with E-state index in [-0.39, 0.29) is 12.1 Å². The average Bonchev–Trinajstić information content (AvgIpc) is 3.26. The molecule has 0 saturated carbocycles. The summed E-state index contributed by atoms with van der Waals surface area (Å²) in [4.78, 5) is 14.9. The number of nitrogens with zero attached hydrogens (tertiary/aromatic N) is 1. The molecule has 172 valence electrons. The molecule has 0 spiro atoms. The van der Waals surface area contributed by atoms with E-state index in [1.807, 2.05) is 54.6 Å². The van der Waals surface area contributed by atoms with Gasteiger partial charge in [-0.1, -0.05) is 54.6 Å². The van der Waals surface area contributed by atoms with Gasteiger partial charge < -0.3 is 20.1 Å². The van der Waals surface area contributed by atoms with Crippen molar-refractivity contribution in [3.63, 3.8) is 0 Å². The molecule has 3 aromatic carbocycles. The Morgan fingerprint density at radius 1 is 0.939 bits per heavy atom. The fourth-order valence-electron chi connectivity index (χ4n) is 4.04. The maximum absolute atomic E-state index is 12.5. The monoisotopic (exact) mass is 445 g/mol. The van der Waals surface area contributed by atoms with Gasteiger partial charge in [0, 0.05) is 31.4 Å². The number of methoxy groups -OCH3 is 1. The minimum absolute atomic E-state index is 0.157. The molecule has 2 amide bonds. The average molecular weight is 446 g/mol. The zero-order valence-electron chi connectivity index (χ0n) is 19.0. The van der Waals surface area contributed by atoms with Gasteiger partial charge in [-0.05, 0) is 47.4 Å². The van der Waals surface area contributed by atoms with Gasteiger partial charge in [-0.25, -0.2) is 4.79 Å². The van der Waals surface area contributed by atoms with Gasteiger partial charge in [0.1, 0.15) is 5.75 Å². The van der Waals surface area contributed by atoms with Crippen LogP contribution in [0.5, 0.6) is 5.75 Å². The summed E-state index contributed by atoms with van der Waals surface area (Å²) in [5, 5.41) is 6.06. The molecule has 0 bridgehead atoms. The predicted molar refractivity (Wildman–Crippen MR) is 130 cm³/mol. The normalized spacial score (nSPS) is 15.8. The van der Waals surface area contributed by atoms with Crippen LogP contribution in [0.3, 0.4) is 0 Å². The summed E-state index contributed by atoms with van der Waals surface area (Å²) in [6.07, 6.45) is 0.958. The molecule has 1 unspecified atom stereocenters. The van der Waals surface area contributed by atoms with Gasteiger partial charge in [0.25, 0.3) is 0 Å². The first-order chi connectivity index (χ1) is 16.2. The molecule has 1 heterocycles. The highest BCUT2D eigenvalue weighted by molar-refractivity contribution is 5.89. The van der Waals surface area contributed by atoms with Gasteiger partial charge >= 0.3 is 6.03 Å². The lowest BCUT2D eigenvalue weighted by molar-refractivity contribution is 0.107. The first kappa shape index (κ1) is 22.8. The lowest BCUT2D eigenvalue weighted by atomic mass is 10.2. The highest BCUT2D eigenvalue weighted by atomic mass is 16.5. The largest absolute Gasteiger partial charge is 0.497 e. The van der Waals surface area contributed by atoms with E-state index < -0.39 is 0 Å². The summed E-state index contributed by atoms with van der Waals surface area (Å²) in [6, 6.07) is 26.0. The summed E-state index contributed by atoms with van der Waals surface area (Å²) < 4.78 is 11.0. The Morgan fingerprint density at radius 2 is 1.70 bits per heavy atom. The Morgan fingerprint density at radius 3 is 2.48 bits per heavy atom. The van der Waals surface area contributed by atoms with E-state index in [0.717, 1.165) is 48.6 Å². The summed E-state index contributed by atoms with van der Waals surface area (Å²) >= 11 is 0. The van der Waals surface area contributed by atoms with Crippen LogP contribution in [0.1, 0.15) is 23.1 Å². The smallest absolute Gasteiger partial charge is 0.319 e. The molecule has 0 aliphatic carbocycles. The first-order valence-electron chi connectivity index (χ1n) is 11.3. The number of rotatable bonds is 9. The van der Waals surface area contributed by atoms with Crippen molar-refractivity contribution in [1.29, 1.82) is 0 Å². The van der Waals surface area contributed by atoms with Gasteiger partial charge in [-0.15, -0.1) is 0 Å². The van der Waals surface area contributed by atoms with Crippen molar-refractivity contribution < 1.29 is 14.3 Å². The zero-order valence-corrected chi connectivity index (χ0v) is 19.0. The van der Waals surface area contributed by atoms with Crippen molar-refractivity contribution in [1.82, 2.24) is 10.2 Å². The van der Waals surface area contributed by atoms with Crippen LogP contribution < -0.4 is 15.4 Å². The minimum Gasteiger partial charge on any atom is -0.497 e. The van der Waals surface area contributed by atoms with Crippen LogP contribution in [0.15, 0.2) is 78.9 Å². The molecule has 1 aliphatic heterocycles. The Labute approximate surface area is 195 Å². The van der Waals surface area contributed by atoms with E-state index in [9.17, 15) is 4.79 Å². The summed E-state index contributed by atoms with van der Waals surface area (Å²) in [5.41, 5.74) is 4.16. The van der Waals surface area contributed by atoms with Crippen LogP contribution in [0, 0.1) is 0 Å².